The highest BCUT2D eigenvalue weighted by molar-refractivity contribution is 9.10. The van der Waals surface area contributed by atoms with Crippen molar-refractivity contribution in [3.05, 3.63) is 224 Å². The Kier molecular flexibility index (Phi) is 10.0. The standard InChI is InChI=1S/C48H43BrN2O2/c1-34-27-28-39-24-14-15-25-40(39)46(34)47(3,31-36-18-8-5-9-19-36)35(2)17-16-26-45-48(32-37-20-10-6-11-21-37,33-38-22-12-7-13-23-38)41-29-44(51(52)53)42(49)30-43(41)50(45)4/h5-30H,2,31-33H2,1,3-4H3/b17-16+,45-26+. The summed E-state index contributed by atoms with van der Waals surface area (Å²) in [4.78, 5) is 14.2. The van der Waals surface area contributed by atoms with Crippen molar-refractivity contribution in [2.75, 3.05) is 11.9 Å². The van der Waals surface area contributed by atoms with Gasteiger partial charge in [-0.25, -0.2) is 0 Å². The predicted octanol–water partition coefficient (Wildman–Crippen LogP) is 12.2. The van der Waals surface area contributed by atoms with Crippen molar-refractivity contribution in [2.45, 2.75) is 43.9 Å². The molecule has 1 aliphatic heterocycles. The number of allylic oxidation sites excluding steroid dienone is 5. The fourth-order valence-corrected chi connectivity index (χ4v) is 8.93. The maximum atomic E-state index is 12.3. The van der Waals surface area contributed by atoms with Gasteiger partial charge in [-0.3, -0.25) is 10.1 Å². The van der Waals surface area contributed by atoms with Crippen LogP contribution in [-0.2, 0) is 30.1 Å². The number of nitro benzene ring substituents is 1. The summed E-state index contributed by atoms with van der Waals surface area (Å²) in [5.74, 6) is 0. The topological polar surface area (TPSA) is 46.4 Å². The average Bonchev–Trinajstić information content (AvgIpc) is 3.36. The molecule has 0 aromatic heterocycles. The lowest BCUT2D eigenvalue weighted by Crippen LogP contribution is -2.34. The molecular formula is C48H43BrN2O2. The van der Waals surface area contributed by atoms with Gasteiger partial charge in [-0.05, 0) is 104 Å². The summed E-state index contributed by atoms with van der Waals surface area (Å²) < 4.78 is 0.466. The molecule has 4 nitrogen and oxygen atoms in total. The Morgan fingerprint density at radius 3 is 2.00 bits per heavy atom. The number of rotatable bonds is 11. The summed E-state index contributed by atoms with van der Waals surface area (Å²) in [5.41, 5.74) is 9.13. The fourth-order valence-electron chi connectivity index (χ4n) is 8.45. The number of nitro groups is 1. The van der Waals surface area contributed by atoms with E-state index in [1.54, 1.807) is 6.07 Å². The van der Waals surface area contributed by atoms with Crippen LogP contribution in [-0.4, -0.2) is 12.0 Å². The summed E-state index contributed by atoms with van der Waals surface area (Å²) in [6.45, 7) is 9.29. The van der Waals surface area contributed by atoms with Crippen molar-refractivity contribution < 1.29 is 4.92 Å². The number of anilines is 1. The number of fused-ring (bicyclic) bond motifs is 2. The second-order valence-corrected chi connectivity index (χ2v) is 15.3. The Morgan fingerprint density at radius 1 is 0.830 bits per heavy atom. The second kappa shape index (κ2) is 14.8. The third-order valence-corrected chi connectivity index (χ3v) is 11.7. The second-order valence-electron chi connectivity index (χ2n) is 14.5. The first-order chi connectivity index (χ1) is 25.6. The van der Waals surface area contributed by atoms with Gasteiger partial charge >= 0.3 is 0 Å². The van der Waals surface area contributed by atoms with E-state index >= 15 is 0 Å². The largest absolute Gasteiger partial charge is 0.347 e. The first-order valence-electron chi connectivity index (χ1n) is 18.0. The number of halogens is 1. The van der Waals surface area contributed by atoms with Crippen LogP contribution in [0, 0.1) is 17.0 Å². The van der Waals surface area contributed by atoms with E-state index in [0.29, 0.717) is 17.3 Å². The molecule has 53 heavy (non-hydrogen) atoms. The van der Waals surface area contributed by atoms with E-state index in [9.17, 15) is 10.1 Å². The molecule has 0 amide bonds. The zero-order valence-corrected chi connectivity index (χ0v) is 32.0. The van der Waals surface area contributed by atoms with Crippen LogP contribution in [0.3, 0.4) is 0 Å². The van der Waals surface area contributed by atoms with E-state index < -0.39 is 10.8 Å². The molecule has 1 heterocycles. The van der Waals surface area contributed by atoms with Gasteiger partial charge in [0, 0.05) is 35.3 Å². The Hall–Kier alpha value is -5.52. The van der Waals surface area contributed by atoms with Crippen LogP contribution >= 0.6 is 15.9 Å². The molecule has 7 rings (SSSR count). The van der Waals surface area contributed by atoms with Gasteiger partial charge in [0.25, 0.3) is 5.69 Å². The maximum Gasteiger partial charge on any atom is 0.283 e. The summed E-state index contributed by atoms with van der Waals surface area (Å²) in [6, 6.07) is 48.3. The van der Waals surface area contributed by atoms with Crippen LogP contribution in [0.25, 0.3) is 10.8 Å². The minimum absolute atomic E-state index is 0.0648. The van der Waals surface area contributed by atoms with Gasteiger partial charge in [-0.15, -0.1) is 0 Å². The summed E-state index contributed by atoms with van der Waals surface area (Å²) in [6.07, 6.45) is 8.63. The molecule has 0 radical (unpaired) electrons. The Morgan fingerprint density at radius 2 is 1.40 bits per heavy atom. The van der Waals surface area contributed by atoms with E-state index in [4.69, 9.17) is 6.58 Å². The number of aryl methyl sites for hydroxylation is 1. The molecule has 0 N–H and O–H groups in total. The zero-order chi connectivity index (χ0) is 37.2. The van der Waals surface area contributed by atoms with Crippen LogP contribution in [0.1, 0.15) is 40.3 Å². The molecule has 0 saturated carbocycles. The summed E-state index contributed by atoms with van der Waals surface area (Å²) >= 11 is 3.52. The molecular weight excluding hydrogens is 716 g/mol. The van der Waals surface area contributed by atoms with Crippen molar-refractivity contribution in [2.24, 2.45) is 0 Å². The quantitative estimate of drug-likeness (QED) is 0.0751. The molecule has 1 atom stereocenters. The summed E-state index contributed by atoms with van der Waals surface area (Å²) in [7, 11) is 2.07. The molecule has 0 fully saturated rings. The van der Waals surface area contributed by atoms with Gasteiger partial charge < -0.3 is 4.90 Å². The van der Waals surface area contributed by atoms with Gasteiger partial charge in [-0.1, -0.05) is 153 Å². The minimum Gasteiger partial charge on any atom is -0.347 e. The van der Waals surface area contributed by atoms with Gasteiger partial charge in [0.15, 0.2) is 0 Å². The van der Waals surface area contributed by atoms with E-state index in [-0.39, 0.29) is 10.6 Å². The highest BCUT2D eigenvalue weighted by atomic mass is 79.9. The lowest BCUT2D eigenvalue weighted by Gasteiger charge is -2.35. The Labute approximate surface area is 321 Å². The van der Waals surface area contributed by atoms with E-state index in [1.165, 1.54) is 27.5 Å². The SMILES string of the molecule is C=C(/C=C/C=C1/N(C)c2cc(Br)c([N+](=O)[O-])cc2C1(Cc1ccccc1)Cc1ccccc1)C(C)(Cc1ccccc1)c1c(C)ccc2ccccc12. The van der Waals surface area contributed by atoms with Crippen LogP contribution in [0.15, 0.2) is 180 Å². The van der Waals surface area contributed by atoms with Crippen molar-refractivity contribution in [3.63, 3.8) is 0 Å². The molecule has 1 unspecified atom stereocenters. The predicted molar refractivity (Wildman–Crippen MR) is 224 cm³/mol. The fraction of sp³-hybridized carbons (Fsp3) is 0.167. The monoisotopic (exact) mass is 758 g/mol. The molecule has 264 valence electrons. The lowest BCUT2D eigenvalue weighted by molar-refractivity contribution is -0.385. The molecule has 0 aliphatic carbocycles. The highest BCUT2D eigenvalue weighted by Crippen LogP contribution is 2.53. The van der Waals surface area contributed by atoms with Gasteiger partial charge in [-0.2, -0.15) is 0 Å². The van der Waals surface area contributed by atoms with Crippen molar-refractivity contribution in [1.82, 2.24) is 0 Å². The Balaban J connectivity index is 1.39. The first kappa shape index (κ1) is 35.9. The van der Waals surface area contributed by atoms with Gasteiger partial charge in [0.2, 0.25) is 0 Å². The molecule has 0 spiro atoms. The minimum atomic E-state index is -0.594. The van der Waals surface area contributed by atoms with E-state index in [0.717, 1.165) is 40.1 Å². The molecule has 0 bridgehead atoms. The number of likely N-dealkylation sites (N-methyl/N-ethyl adjacent to an activating group) is 1. The molecule has 5 heteroatoms. The first-order valence-corrected chi connectivity index (χ1v) is 18.8. The van der Waals surface area contributed by atoms with Gasteiger partial charge in [0.1, 0.15) is 0 Å². The Bertz CT molecular complexity index is 2320. The number of benzene rings is 6. The number of nitrogens with zero attached hydrogens (tertiary/aromatic N) is 2. The van der Waals surface area contributed by atoms with Crippen LogP contribution in [0.5, 0.6) is 0 Å². The third kappa shape index (κ3) is 6.90. The normalized spacial score (nSPS) is 15.5. The van der Waals surface area contributed by atoms with Crippen molar-refractivity contribution >= 4 is 38.1 Å². The molecule has 6 aromatic carbocycles. The average molecular weight is 760 g/mol. The molecule has 6 aromatic rings. The third-order valence-electron chi connectivity index (χ3n) is 11.0. The van der Waals surface area contributed by atoms with Crippen LogP contribution in [0.4, 0.5) is 11.4 Å². The zero-order valence-electron chi connectivity index (χ0n) is 30.4. The summed E-state index contributed by atoms with van der Waals surface area (Å²) in [5, 5.41) is 14.8. The highest BCUT2D eigenvalue weighted by Gasteiger charge is 2.47. The molecule has 1 aliphatic rings. The van der Waals surface area contributed by atoms with Crippen LogP contribution < -0.4 is 4.90 Å². The maximum absolute atomic E-state index is 12.3. The van der Waals surface area contributed by atoms with E-state index in [2.05, 4.69) is 175 Å². The van der Waals surface area contributed by atoms with Crippen LogP contribution in [0.2, 0.25) is 0 Å². The molecule has 0 saturated heterocycles. The van der Waals surface area contributed by atoms with Crippen molar-refractivity contribution in [3.8, 4) is 0 Å². The number of hydrogen-bond acceptors (Lipinski definition) is 3. The van der Waals surface area contributed by atoms with Gasteiger partial charge in [0.05, 0.1) is 9.40 Å². The number of hydrogen-bond donors (Lipinski definition) is 0. The lowest BCUT2D eigenvalue weighted by atomic mass is 9.69. The van der Waals surface area contributed by atoms with E-state index in [1.807, 2.05) is 18.2 Å². The smallest absolute Gasteiger partial charge is 0.283 e. The van der Waals surface area contributed by atoms with Crippen molar-refractivity contribution in [1.29, 1.82) is 0 Å².